The quantitative estimate of drug-likeness (QED) is 0.522. The molecule has 3 aliphatic rings. The van der Waals surface area contributed by atoms with Crippen LogP contribution < -0.4 is 0 Å². The zero-order valence-electron chi connectivity index (χ0n) is 16.5. The fourth-order valence-electron chi connectivity index (χ4n) is 4.62. The SMILES string of the molecule is c1cc2c(cc1-c1cncc(C3(c4nc(C5CC5)no4)CC3)c1)CCc1nncn1-2. The van der Waals surface area contributed by atoms with Gasteiger partial charge in [0.1, 0.15) is 12.2 Å². The number of pyridine rings is 1. The van der Waals surface area contributed by atoms with Crippen molar-refractivity contribution >= 4 is 0 Å². The number of hydrogen-bond donors (Lipinski definition) is 0. The zero-order chi connectivity index (χ0) is 19.7. The number of aromatic nitrogens is 6. The summed E-state index contributed by atoms with van der Waals surface area (Å²) in [5, 5.41) is 12.5. The Labute approximate surface area is 173 Å². The first kappa shape index (κ1) is 16.4. The van der Waals surface area contributed by atoms with Crippen LogP contribution in [0.25, 0.3) is 16.8 Å². The summed E-state index contributed by atoms with van der Waals surface area (Å²) in [5.74, 6) is 3.17. The van der Waals surface area contributed by atoms with Crippen LogP contribution in [-0.2, 0) is 18.3 Å². The van der Waals surface area contributed by atoms with Crippen molar-refractivity contribution in [3.63, 3.8) is 0 Å². The minimum atomic E-state index is -0.158. The Balaban J connectivity index is 1.25. The summed E-state index contributed by atoms with van der Waals surface area (Å²) in [5.41, 5.74) is 5.81. The van der Waals surface area contributed by atoms with E-state index in [1.165, 1.54) is 35.2 Å². The molecule has 148 valence electrons. The van der Waals surface area contributed by atoms with Crippen LogP contribution >= 0.6 is 0 Å². The predicted octanol–water partition coefficient (Wildman–Crippen LogP) is 3.77. The normalized spacial score (nSPS) is 18.7. The van der Waals surface area contributed by atoms with Crippen LogP contribution in [-0.4, -0.2) is 29.9 Å². The van der Waals surface area contributed by atoms with Crippen LogP contribution in [0.1, 0.15) is 60.3 Å². The predicted molar refractivity (Wildman–Crippen MR) is 108 cm³/mol. The first-order valence-electron chi connectivity index (χ1n) is 10.6. The minimum Gasteiger partial charge on any atom is -0.338 e. The van der Waals surface area contributed by atoms with Crippen LogP contribution in [0.5, 0.6) is 0 Å². The van der Waals surface area contributed by atoms with Crippen LogP contribution in [0.3, 0.4) is 0 Å². The van der Waals surface area contributed by atoms with Crippen molar-refractivity contribution < 1.29 is 4.52 Å². The molecule has 2 aliphatic carbocycles. The third-order valence-electron chi connectivity index (χ3n) is 6.74. The smallest absolute Gasteiger partial charge is 0.237 e. The van der Waals surface area contributed by atoms with Crippen molar-refractivity contribution in [1.82, 2.24) is 29.9 Å². The van der Waals surface area contributed by atoms with Gasteiger partial charge in [0.2, 0.25) is 5.89 Å². The summed E-state index contributed by atoms with van der Waals surface area (Å²) >= 11 is 0. The lowest BCUT2D eigenvalue weighted by Crippen LogP contribution is -2.12. The first-order chi connectivity index (χ1) is 14.8. The Bertz CT molecular complexity index is 1280. The fraction of sp³-hybridized carbons (Fsp3) is 0.348. The van der Waals surface area contributed by atoms with Gasteiger partial charge in [0.15, 0.2) is 5.82 Å². The van der Waals surface area contributed by atoms with Gasteiger partial charge >= 0.3 is 0 Å². The standard InChI is InChI=1S/C23H20N6O/c1-2-14(1)21-26-22(30-28-21)23(7-8-23)18-10-17(11-24-12-18)15-3-5-19-16(9-15)4-6-20-27-25-13-29(19)20/h3,5,9-14H,1-2,4,6-8H2. The molecular weight excluding hydrogens is 376 g/mol. The molecule has 0 bridgehead atoms. The summed E-state index contributed by atoms with van der Waals surface area (Å²) in [6.45, 7) is 0. The average molecular weight is 396 g/mol. The molecule has 0 radical (unpaired) electrons. The molecule has 4 heterocycles. The lowest BCUT2D eigenvalue weighted by Gasteiger charge is -2.19. The molecule has 7 rings (SSSR count). The van der Waals surface area contributed by atoms with Crippen LogP contribution in [0.4, 0.5) is 0 Å². The summed E-state index contributed by atoms with van der Waals surface area (Å²) in [6.07, 6.45) is 12.0. The maximum absolute atomic E-state index is 5.69. The van der Waals surface area contributed by atoms with E-state index in [0.29, 0.717) is 5.92 Å². The number of benzene rings is 1. The number of nitrogens with zero attached hydrogens (tertiary/aromatic N) is 6. The third kappa shape index (κ3) is 2.41. The van der Waals surface area contributed by atoms with Gasteiger partial charge in [0, 0.05) is 30.3 Å². The van der Waals surface area contributed by atoms with Crippen molar-refractivity contribution in [3.8, 4) is 16.8 Å². The number of hydrogen-bond acceptors (Lipinski definition) is 6. The lowest BCUT2D eigenvalue weighted by atomic mass is 9.93. The highest BCUT2D eigenvalue weighted by atomic mass is 16.5. The average Bonchev–Trinajstić information content (AvgIpc) is 3.71. The summed E-state index contributed by atoms with van der Waals surface area (Å²) in [6, 6.07) is 8.84. The molecular formula is C23H20N6O. The van der Waals surface area contributed by atoms with Crippen LogP contribution in [0.15, 0.2) is 47.5 Å². The van der Waals surface area contributed by atoms with Gasteiger partial charge in [-0.2, -0.15) is 4.98 Å². The van der Waals surface area contributed by atoms with E-state index in [4.69, 9.17) is 9.51 Å². The van der Waals surface area contributed by atoms with Gasteiger partial charge in [-0.05, 0) is 67.0 Å². The summed E-state index contributed by atoms with van der Waals surface area (Å²) < 4.78 is 7.78. The highest BCUT2D eigenvalue weighted by Gasteiger charge is 2.51. The monoisotopic (exact) mass is 396 g/mol. The molecule has 1 aliphatic heterocycles. The summed E-state index contributed by atoms with van der Waals surface area (Å²) in [7, 11) is 0. The van der Waals surface area contributed by atoms with Gasteiger partial charge in [0.05, 0.1) is 11.1 Å². The molecule has 2 saturated carbocycles. The molecule has 4 aromatic rings. The molecule has 0 N–H and O–H groups in total. The fourth-order valence-corrected chi connectivity index (χ4v) is 4.62. The first-order valence-corrected chi connectivity index (χ1v) is 10.6. The van der Waals surface area contributed by atoms with Crippen molar-refractivity contribution in [2.75, 3.05) is 0 Å². The molecule has 1 aromatic carbocycles. The maximum Gasteiger partial charge on any atom is 0.237 e. The van der Waals surface area contributed by atoms with E-state index >= 15 is 0 Å². The van der Waals surface area contributed by atoms with Gasteiger partial charge in [-0.15, -0.1) is 10.2 Å². The van der Waals surface area contributed by atoms with Gasteiger partial charge in [-0.3, -0.25) is 9.55 Å². The molecule has 2 fully saturated rings. The number of rotatable bonds is 4. The third-order valence-corrected chi connectivity index (χ3v) is 6.74. The second-order valence-corrected chi connectivity index (χ2v) is 8.74. The van der Waals surface area contributed by atoms with E-state index in [9.17, 15) is 0 Å². The summed E-state index contributed by atoms with van der Waals surface area (Å²) in [4.78, 5) is 9.31. The van der Waals surface area contributed by atoms with E-state index in [-0.39, 0.29) is 5.41 Å². The largest absolute Gasteiger partial charge is 0.338 e. The Morgan fingerprint density at radius 1 is 1.03 bits per heavy atom. The van der Waals surface area contributed by atoms with E-state index in [2.05, 4.69) is 49.2 Å². The molecule has 0 spiro atoms. The van der Waals surface area contributed by atoms with E-state index < -0.39 is 0 Å². The van der Waals surface area contributed by atoms with E-state index in [0.717, 1.165) is 48.8 Å². The molecule has 7 nitrogen and oxygen atoms in total. The highest BCUT2D eigenvalue weighted by Crippen LogP contribution is 2.53. The maximum atomic E-state index is 5.69. The van der Waals surface area contributed by atoms with E-state index in [1.54, 1.807) is 6.33 Å². The number of fused-ring (bicyclic) bond motifs is 3. The molecule has 3 aromatic heterocycles. The van der Waals surface area contributed by atoms with Gasteiger partial charge in [-0.1, -0.05) is 11.2 Å². The Morgan fingerprint density at radius 3 is 2.83 bits per heavy atom. The van der Waals surface area contributed by atoms with Crippen LogP contribution in [0, 0.1) is 0 Å². The van der Waals surface area contributed by atoms with Gasteiger partial charge < -0.3 is 4.52 Å². The topological polar surface area (TPSA) is 82.5 Å². The Kier molecular flexibility index (Phi) is 3.20. The second kappa shape index (κ2) is 5.84. The molecule has 0 atom stereocenters. The number of aryl methyl sites for hydroxylation is 2. The Morgan fingerprint density at radius 2 is 1.97 bits per heavy atom. The van der Waals surface area contributed by atoms with Crippen molar-refractivity contribution in [2.24, 2.45) is 0 Å². The molecule has 7 heteroatoms. The lowest BCUT2D eigenvalue weighted by molar-refractivity contribution is 0.355. The highest BCUT2D eigenvalue weighted by molar-refractivity contribution is 5.67. The van der Waals surface area contributed by atoms with Crippen LogP contribution in [0.2, 0.25) is 0 Å². The molecule has 0 saturated heterocycles. The van der Waals surface area contributed by atoms with Crippen molar-refractivity contribution in [2.45, 2.75) is 49.9 Å². The second-order valence-electron chi connectivity index (χ2n) is 8.74. The van der Waals surface area contributed by atoms with Gasteiger partial charge in [-0.25, -0.2) is 0 Å². The molecule has 0 amide bonds. The van der Waals surface area contributed by atoms with Crippen molar-refractivity contribution in [1.29, 1.82) is 0 Å². The van der Waals surface area contributed by atoms with E-state index in [1.807, 2.05) is 12.4 Å². The zero-order valence-corrected chi connectivity index (χ0v) is 16.5. The molecule has 30 heavy (non-hydrogen) atoms. The Hall–Kier alpha value is -3.35. The minimum absolute atomic E-state index is 0.158. The van der Waals surface area contributed by atoms with Crippen molar-refractivity contribution in [3.05, 3.63) is 71.7 Å². The van der Waals surface area contributed by atoms with Gasteiger partial charge in [0.25, 0.3) is 0 Å². The molecule has 0 unspecified atom stereocenters.